The monoisotopic (exact) mass is 422 g/mol. The molecule has 2 aliphatic heterocycles. The Hall–Kier alpha value is -3.41. The molecule has 0 N–H and O–H groups in total. The molecule has 1 amide bonds. The molecule has 2 atom stereocenters. The number of hydrogen-bond acceptors (Lipinski definition) is 5. The quantitative estimate of drug-likeness (QED) is 0.711. The predicted molar refractivity (Wildman–Crippen MR) is 109 cm³/mol. The van der Waals surface area contributed by atoms with E-state index < -0.39 is 11.6 Å². The third kappa shape index (κ3) is 3.74. The van der Waals surface area contributed by atoms with Crippen LogP contribution in [0.1, 0.15) is 24.8 Å². The lowest BCUT2D eigenvalue weighted by Crippen LogP contribution is -2.31. The second kappa shape index (κ2) is 7.69. The molecule has 0 spiro atoms. The summed E-state index contributed by atoms with van der Waals surface area (Å²) >= 11 is 0. The van der Waals surface area contributed by atoms with Crippen molar-refractivity contribution in [2.24, 2.45) is 22.9 Å². The number of aromatic nitrogens is 2. The number of rotatable bonds is 3. The molecule has 1 aromatic heterocycles. The predicted octanol–water partition coefficient (Wildman–Crippen LogP) is 3.40. The van der Waals surface area contributed by atoms with Crippen LogP contribution in [0.3, 0.4) is 0 Å². The van der Waals surface area contributed by atoms with Crippen LogP contribution in [0.5, 0.6) is 0 Å². The number of anilines is 1. The van der Waals surface area contributed by atoms with Gasteiger partial charge < -0.3 is 9.74 Å². The lowest BCUT2D eigenvalue weighted by atomic mass is 10.0. The first-order chi connectivity index (χ1) is 15.0. The Labute approximate surface area is 178 Å². The first kappa shape index (κ1) is 19.5. The number of fused-ring (bicyclic) bond motifs is 1. The zero-order valence-electron chi connectivity index (χ0n) is 16.7. The van der Waals surface area contributed by atoms with Gasteiger partial charge in [-0.1, -0.05) is 11.6 Å². The van der Waals surface area contributed by atoms with E-state index in [9.17, 15) is 13.6 Å². The van der Waals surface area contributed by atoms with E-state index in [0.29, 0.717) is 47.8 Å². The van der Waals surface area contributed by atoms with Crippen molar-refractivity contribution in [1.29, 1.82) is 0 Å². The lowest BCUT2D eigenvalue weighted by molar-refractivity contribution is -0.135. The number of nitrogens with zero attached hydrogens (tertiary/aromatic N) is 6. The number of carbonyl (C=O) groups is 1. The maximum absolute atomic E-state index is 13.5. The fraction of sp³-hybridized carbons (Fsp3) is 0.409. The molecule has 1 aliphatic carbocycles. The third-order valence-electron chi connectivity index (χ3n) is 6.38. The van der Waals surface area contributed by atoms with Gasteiger partial charge in [-0.15, -0.1) is 0 Å². The average Bonchev–Trinajstić information content (AvgIpc) is 3.47. The molecule has 3 heterocycles. The van der Waals surface area contributed by atoms with E-state index in [2.05, 4.69) is 24.8 Å². The van der Waals surface area contributed by atoms with Gasteiger partial charge >= 0.3 is 5.95 Å². The van der Waals surface area contributed by atoms with Gasteiger partial charge in [-0.2, -0.15) is 5.10 Å². The highest BCUT2D eigenvalue weighted by molar-refractivity contribution is 6.02. The smallest absolute Gasteiger partial charge is 0.322 e. The number of carbonyl (C=O) groups excluding carboxylic acids is 1. The minimum Gasteiger partial charge on any atom is -0.360 e. The summed E-state index contributed by atoms with van der Waals surface area (Å²) in [6, 6.07) is 4.90. The first-order valence-corrected chi connectivity index (χ1v) is 10.3. The minimum atomic E-state index is -0.651. The van der Waals surface area contributed by atoms with Crippen molar-refractivity contribution >= 4 is 23.4 Å². The van der Waals surface area contributed by atoms with Crippen LogP contribution in [0.2, 0.25) is 0 Å². The van der Waals surface area contributed by atoms with Gasteiger partial charge in [0.25, 0.3) is 5.82 Å². The molecule has 0 radical (unpaired) electrons. The first-order valence-electron chi connectivity index (χ1n) is 10.3. The van der Waals surface area contributed by atoms with Crippen LogP contribution in [0.15, 0.2) is 35.6 Å². The molecular weight excluding hydrogens is 402 g/mol. The maximum Gasteiger partial charge on any atom is 0.322 e. The van der Waals surface area contributed by atoms with Gasteiger partial charge in [0.05, 0.1) is 12.3 Å². The van der Waals surface area contributed by atoms with Crippen molar-refractivity contribution in [2.75, 3.05) is 24.5 Å². The Balaban J connectivity index is 1.23. The second-order valence-electron chi connectivity index (χ2n) is 8.34. The largest absolute Gasteiger partial charge is 0.360 e. The molecule has 158 valence electrons. The van der Waals surface area contributed by atoms with Gasteiger partial charge in [-0.3, -0.25) is 4.79 Å². The number of halogens is 2. The van der Waals surface area contributed by atoms with E-state index in [4.69, 9.17) is 6.57 Å². The van der Waals surface area contributed by atoms with Gasteiger partial charge in [0.15, 0.2) is 0 Å². The normalized spacial score (nSPS) is 24.8. The minimum absolute atomic E-state index is 0.0147. The van der Waals surface area contributed by atoms with Gasteiger partial charge in [0.1, 0.15) is 11.6 Å². The zero-order chi connectivity index (χ0) is 21.5. The summed E-state index contributed by atoms with van der Waals surface area (Å²) < 4.78 is 27.0. The van der Waals surface area contributed by atoms with E-state index >= 15 is 0 Å². The van der Waals surface area contributed by atoms with Crippen molar-refractivity contribution in [3.8, 4) is 0 Å². The molecular formula is C22H20F2N6O. The van der Waals surface area contributed by atoms with E-state index in [1.807, 2.05) is 0 Å². The molecule has 0 bridgehead atoms. The maximum atomic E-state index is 13.5. The van der Waals surface area contributed by atoms with E-state index in [0.717, 1.165) is 32.0 Å². The fourth-order valence-electron chi connectivity index (χ4n) is 4.97. The Morgan fingerprint density at radius 1 is 1.13 bits per heavy atom. The lowest BCUT2D eigenvalue weighted by Gasteiger charge is -2.19. The van der Waals surface area contributed by atoms with Crippen LogP contribution >= 0.6 is 0 Å². The molecule has 1 aromatic carbocycles. The summed E-state index contributed by atoms with van der Waals surface area (Å²) in [6.45, 7) is 9.08. The standard InChI is InChI=1S/C22H20F2N6O/c1-25-20-2-4-26-22(27-20)29-11-15-6-14(7-16(15)12-29)21(31)30-5-3-19(28-30)13-8-17(23)10-18(24)9-13/h2,4,8-10,14-16H,3,5-7,11-12H2. The van der Waals surface area contributed by atoms with Crippen molar-refractivity contribution in [3.63, 3.8) is 0 Å². The van der Waals surface area contributed by atoms with Crippen molar-refractivity contribution in [3.05, 3.63) is 59.1 Å². The topological polar surface area (TPSA) is 66.1 Å². The van der Waals surface area contributed by atoms with Gasteiger partial charge in [-0.25, -0.2) is 18.8 Å². The van der Waals surface area contributed by atoms with Crippen LogP contribution in [0.4, 0.5) is 20.5 Å². The van der Waals surface area contributed by atoms with Crippen molar-refractivity contribution in [1.82, 2.24) is 15.0 Å². The molecule has 1 saturated carbocycles. The van der Waals surface area contributed by atoms with Crippen molar-refractivity contribution in [2.45, 2.75) is 19.3 Å². The Kier molecular flexibility index (Phi) is 4.85. The summed E-state index contributed by atoms with van der Waals surface area (Å²) in [5, 5.41) is 5.83. The van der Waals surface area contributed by atoms with Gasteiger partial charge in [0, 0.05) is 43.3 Å². The van der Waals surface area contributed by atoms with E-state index in [-0.39, 0.29) is 11.8 Å². The van der Waals surface area contributed by atoms with Gasteiger partial charge in [0.2, 0.25) is 5.91 Å². The van der Waals surface area contributed by atoms with Crippen LogP contribution in [0.25, 0.3) is 4.85 Å². The number of benzene rings is 1. The van der Waals surface area contributed by atoms with E-state index in [1.165, 1.54) is 17.1 Å². The molecule has 31 heavy (non-hydrogen) atoms. The molecule has 2 aromatic rings. The summed E-state index contributed by atoms with van der Waals surface area (Å²) in [5.41, 5.74) is 0.918. The highest BCUT2D eigenvalue weighted by atomic mass is 19.1. The summed E-state index contributed by atoms with van der Waals surface area (Å²) in [6.07, 6.45) is 3.64. The Bertz CT molecular complexity index is 1080. The highest BCUT2D eigenvalue weighted by Crippen LogP contribution is 2.43. The zero-order valence-corrected chi connectivity index (χ0v) is 16.7. The fourth-order valence-corrected chi connectivity index (χ4v) is 4.97. The van der Waals surface area contributed by atoms with Crippen LogP contribution in [-0.4, -0.2) is 46.2 Å². The van der Waals surface area contributed by atoms with Gasteiger partial charge in [-0.05, 0) is 42.9 Å². The number of amides is 1. The second-order valence-corrected chi connectivity index (χ2v) is 8.34. The SMILES string of the molecule is [C-]#[N+]c1ccnc(N2CC3CC(C(=O)N4CCC(c5cc(F)cc(F)c5)=N4)CC3C2)n1. The van der Waals surface area contributed by atoms with Crippen LogP contribution in [-0.2, 0) is 4.79 Å². The molecule has 1 saturated heterocycles. The summed E-state index contributed by atoms with van der Waals surface area (Å²) in [4.78, 5) is 27.0. The third-order valence-corrected chi connectivity index (χ3v) is 6.38. The van der Waals surface area contributed by atoms with E-state index in [1.54, 1.807) is 12.3 Å². The number of hydrazone groups is 1. The molecule has 5 rings (SSSR count). The summed E-state index contributed by atoms with van der Waals surface area (Å²) in [5.74, 6) is 0.232. The average molecular weight is 422 g/mol. The highest BCUT2D eigenvalue weighted by Gasteiger charge is 2.45. The number of hydrogen-bond donors (Lipinski definition) is 0. The Morgan fingerprint density at radius 2 is 1.84 bits per heavy atom. The van der Waals surface area contributed by atoms with Crippen molar-refractivity contribution < 1.29 is 13.6 Å². The molecule has 2 fully saturated rings. The Morgan fingerprint density at radius 3 is 2.52 bits per heavy atom. The molecule has 2 unspecified atom stereocenters. The van der Waals surface area contributed by atoms with Crippen LogP contribution < -0.4 is 4.90 Å². The molecule has 7 nitrogen and oxygen atoms in total. The van der Waals surface area contributed by atoms with Crippen LogP contribution in [0, 0.1) is 36.0 Å². The summed E-state index contributed by atoms with van der Waals surface area (Å²) in [7, 11) is 0. The molecule has 9 heteroatoms. The molecule has 3 aliphatic rings.